The summed E-state index contributed by atoms with van der Waals surface area (Å²) in [5.74, 6) is 0.339. The van der Waals surface area contributed by atoms with Crippen molar-refractivity contribution >= 4 is 39.3 Å². The first-order valence-corrected chi connectivity index (χ1v) is 14.6. The zero-order valence-electron chi connectivity index (χ0n) is 22.9. The van der Waals surface area contributed by atoms with Crippen molar-refractivity contribution in [3.05, 3.63) is 69.6 Å². The average Bonchev–Trinajstić information content (AvgIpc) is 3.62. The van der Waals surface area contributed by atoms with E-state index in [1.807, 2.05) is 29.7 Å². The smallest absolute Gasteiger partial charge is 0.346 e. The van der Waals surface area contributed by atoms with Crippen LogP contribution in [-0.2, 0) is 23.6 Å². The molecule has 0 spiro atoms. The van der Waals surface area contributed by atoms with Gasteiger partial charge in [0.15, 0.2) is 11.5 Å². The Hall–Kier alpha value is -3.18. The summed E-state index contributed by atoms with van der Waals surface area (Å²) in [5, 5.41) is 10.0. The highest BCUT2D eigenvalue weighted by molar-refractivity contribution is 7.20. The van der Waals surface area contributed by atoms with Crippen LogP contribution in [0.3, 0.4) is 0 Å². The SMILES string of the molecule is [2H][C@@H](c1nc2sc(C(=O)O)cc2n1C[C@@H]1CCO1)N1CCC(c2cccc3c2O[C@@](C)(c2ccc(Cl)cn2)O3)CC1. The van der Waals surface area contributed by atoms with E-state index < -0.39 is 18.3 Å². The number of carboxylic acids is 1. The second-order valence-corrected chi connectivity index (χ2v) is 12.1. The van der Waals surface area contributed by atoms with Gasteiger partial charge >= 0.3 is 5.97 Å². The molecule has 0 radical (unpaired) electrons. The number of carboxylic acid groups (broad SMARTS) is 1. The van der Waals surface area contributed by atoms with Gasteiger partial charge < -0.3 is 23.9 Å². The number of piperidine rings is 1. The molecule has 3 aliphatic rings. The molecular weight excluding hydrogens is 552 g/mol. The first kappa shape index (κ1) is 24.6. The Morgan fingerprint density at radius 2 is 2.08 bits per heavy atom. The number of hydrogen-bond acceptors (Lipinski definition) is 8. The number of thiophene rings is 1. The van der Waals surface area contributed by atoms with Crippen molar-refractivity contribution in [2.45, 2.75) is 57.1 Å². The molecule has 0 amide bonds. The number of likely N-dealkylation sites (tertiary alicyclic amines) is 1. The number of aromatic carboxylic acids is 1. The van der Waals surface area contributed by atoms with Gasteiger partial charge in [-0.05, 0) is 62.5 Å². The van der Waals surface area contributed by atoms with E-state index in [4.69, 9.17) is 32.2 Å². The second-order valence-electron chi connectivity index (χ2n) is 10.6. The first-order valence-electron chi connectivity index (χ1n) is 14.0. The number of pyridine rings is 1. The van der Waals surface area contributed by atoms with Gasteiger partial charge in [-0.1, -0.05) is 23.7 Å². The fraction of sp³-hybridized carbons (Fsp3) is 0.414. The Morgan fingerprint density at radius 1 is 1.25 bits per heavy atom. The molecule has 4 aromatic rings. The van der Waals surface area contributed by atoms with Crippen LogP contribution in [0.2, 0.25) is 5.02 Å². The third kappa shape index (κ3) is 4.62. The molecule has 0 aliphatic carbocycles. The quantitative estimate of drug-likeness (QED) is 0.299. The number of fused-ring (bicyclic) bond motifs is 2. The summed E-state index contributed by atoms with van der Waals surface area (Å²) in [4.78, 5) is 23.8. The summed E-state index contributed by atoms with van der Waals surface area (Å²) >= 11 is 7.19. The van der Waals surface area contributed by atoms with Crippen LogP contribution in [-0.4, -0.2) is 56.3 Å². The highest BCUT2D eigenvalue weighted by Crippen LogP contribution is 2.49. The van der Waals surface area contributed by atoms with E-state index in [1.165, 1.54) is 0 Å². The molecule has 9 nitrogen and oxygen atoms in total. The van der Waals surface area contributed by atoms with E-state index in [-0.39, 0.29) is 16.9 Å². The van der Waals surface area contributed by atoms with E-state index in [1.54, 1.807) is 18.3 Å². The molecule has 0 unspecified atom stereocenters. The summed E-state index contributed by atoms with van der Waals surface area (Å²) in [6.45, 7) is 3.95. The normalized spacial score (nSPS) is 24.1. The van der Waals surface area contributed by atoms with Crippen molar-refractivity contribution in [2.24, 2.45) is 0 Å². The maximum atomic E-state index is 11.6. The first-order chi connectivity index (χ1) is 19.8. The number of benzene rings is 1. The number of para-hydroxylation sites is 1. The molecule has 1 N–H and O–H groups in total. The number of rotatable bonds is 7. The van der Waals surface area contributed by atoms with Gasteiger partial charge in [-0.15, -0.1) is 11.3 Å². The molecule has 3 aliphatic heterocycles. The lowest BCUT2D eigenvalue weighted by Gasteiger charge is -2.33. The lowest BCUT2D eigenvalue weighted by atomic mass is 9.88. The molecular formula is C29H29ClN4O5S. The monoisotopic (exact) mass is 581 g/mol. The van der Waals surface area contributed by atoms with Crippen molar-refractivity contribution in [1.82, 2.24) is 19.4 Å². The lowest BCUT2D eigenvalue weighted by molar-refractivity contribution is -0.0722. The van der Waals surface area contributed by atoms with Crippen LogP contribution in [0.15, 0.2) is 42.6 Å². The van der Waals surface area contributed by atoms with Crippen molar-refractivity contribution in [1.29, 1.82) is 0 Å². The highest BCUT2D eigenvalue weighted by Gasteiger charge is 2.42. The van der Waals surface area contributed by atoms with E-state index in [0.29, 0.717) is 33.7 Å². The molecule has 2 saturated heterocycles. The van der Waals surface area contributed by atoms with Crippen molar-refractivity contribution in [3.63, 3.8) is 0 Å². The number of halogens is 1. The summed E-state index contributed by atoms with van der Waals surface area (Å²) in [6, 6.07) is 11.3. The highest BCUT2D eigenvalue weighted by atomic mass is 35.5. The number of nitrogens with zero attached hydrogens (tertiary/aromatic N) is 4. The predicted molar refractivity (Wildman–Crippen MR) is 150 cm³/mol. The maximum Gasteiger partial charge on any atom is 0.346 e. The van der Waals surface area contributed by atoms with Gasteiger partial charge in [0.2, 0.25) is 0 Å². The molecule has 7 rings (SSSR count). The van der Waals surface area contributed by atoms with Gasteiger partial charge in [0.25, 0.3) is 5.79 Å². The fourth-order valence-corrected chi connectivity index (χ4v) is 6.67. The molecule has 208 valence electrons. The van der Waals surface area contributed by atoms with Crippen molar-refractivity contribution in [3.8, 4) is 11.5 Å². The standard InChI is InChI=1S/C29H29ClN4O5S/c1-29(24-6-5-18(30)14-31-24)38-22-4-2-3-20(26(22)39-29)17-7-10-33(11-8-17)16-25-32-27-21(13-23(40-27)28(35)36)34(25)15-19-9-12-37-19/h2-6,13-14,17,19H,7-12,15-16H2,1H3,(H,35,36)/t19-,29-/m0/s1/i16D/t16-,19-,29-. The predicted octanol–water partition coefficient (Wildman–Crippen LogP) is 5.66. The topological polar surface area (TPSA) is 98.9 Å². The largest absolute Gasteiger partial charge is 0.477 e. The average molecular weight is 582 g/mol. The number of aromatic nitrogens is 3. The fourth-order valence-electron chi connectivity index (χ4n) is 5.68. The number of imidazole rings is 1. The Morgan fingerprint density at radius 3 is 2.77 bits per heavy atom. The zero-order valence-corrected chi connectivity index (χ0v) is 23.5. The van der Waals surface area contributed by atoms with Crippen LogP contribution in [0.4, 0.5) is 0 Å². The van der Waals surface area contributed by atoms with E-state index in [2.05, 4.69) is 16.0 Å². The van der Waals surface area contributed by atoms with Crippen LogP contribution in [0.25, 0.3) is 10.3 Å². The van der Waals surface area contributed by atoms with E-state index in [0.717, 1.165) is 67.1 Å². The summed E-state index contributed by atoms with van der Waals surface area (Å²) < 4.78 is 29.5. The Balaban J connectivity index is 1.09. The maximum absolute atomic E-state index is 11.6. The van der Waals surface area contributed by atoms with Gasteiger partial charge in [-0.3, -0.25) is 9.88 Å². The molecule has 0 saturated carbocycles. The Bertz CT molecular complexity index is 1620. The van der Waals surface area contributed by atoms with Crippen molar-refractivity contribution < 1.29 is 25.5 Å². The Kier molecular flexibility index (Phi) is 6.17. The second kappa shape index (κ2) is 10.0. The van der Waals surface area contributed by atoms with Crippen LogP contribution >= 0.6 is 22.9 Å². The molecule has 40 heavy (non-hydrogen) atoms. The molecule has 11 heteroatoms. The zero-order chi connectivity index (χ0) is 28.3. The van der Waals surface area contributed by atoms with Gasteiger partial charge in [0, 0.05) is 25.3 Å². The van der Waals surface area contributed by atoms with Crippen LogP contribution in [0.5, 0.6) is 11.5 Å². The van der Waals surface area contributed by atoms with Crippen LogP contribution < -0.4 is 9.47 Å². The van der Waals surface area contributed by atoms with Crippen molar-refractivity contribution in [2.75, 3.05) is 19.7 Å². The minimum absolute atomic E-state index is 0.0633. The third-order valence-corrected chi connectivity index (χ3v) is 9.17. The van der Waals surface area contributed by atoms with E-state index >= 15 is 0 Å². The molecule has 3 aromatic heterocycles. The summed E-state index contributed by atoms with van der Waals surface area (Å²) in [5.41, 5.74) is 2.51. The minimum atomic E-state index is -1.04. The molecule has 0 bridgehead atoms. The summed E-state index contributed by atoms with van der Waals surface area (Å²) in [6.07, 6.45) is 4.31. The van der Waals surface area contributed by atoms with Gasteiger partial charge in [-0.2, -0.15) is 0 Å². The van der Waals surface area contributed by atoms with Gasteiger partial charge in [0.05, 0.1) is 31.1 Å². The molecule has 6 heterocycles. The lowest BCUT2D eigenvalue weighted by Crippen LogP contribution is -2.35. The van der Waals surface area contributed by atoms with Crippen LogP contribution in [0, 0.1) is 0 Å². The third-order valence-electron chi connectivity index (χ3n) is 7.94. The Labute approximate surface area is 241 Å². The summed E-state index contributed by atoms with van der Waals surface area (Å²) in [7, 11) is 0. The number of carbonyl (C=O) groups is 1. The van der Waals surface area contributed by atoms with Crippen LogP contribution in [0.1, 0.15) is 60.2 Å². The molecule has 2 fully saturated rings. The molecule has 3 atom stereocenters. The van der Waals surface area contributed by atoms with Gasteiger partial charge in [0.1, 0.15) is 21.2 Å². The molecule has 1 aromatic carbocycles. The minimum Gasteiger partial charge on any atom is -0.477 e. The van der Waals surface area contributed by atoms with Gasteiger partial charge in [-0.25, -0.2) is 9.78 Å². The number of ether oxygens (including phenoxy) is 3. The number of hydrogen-bond donors (Lipinski definition) is 1. The van der Waals surface area contributed by atoms with E-state index in [9.17, 15) is 9.90 Å².